The van der Waals surface area contributed by atoms with Crippen LogP contribution in [0.2, 0.25) is 0 Å². The summed E-state index contributed by atoms with van der Waals surface area (Å²) < 4.78 is 133. The maximum absolute atomic E-state index is 14.3. The third-order valence-electron chi connectivity index (χ3n) is 4.19. The number of aryl methyl sites for hydroxylation is 1. The van der Waals surface area contributed by atoms with E-state index in [9.17, 15) is 39.5 Å². The van der Waals surface area contributed by atoms with Crippen molar-refractivity contribution in [1.29, 1.82) is 0 Å². The van der Waals surface area contributed by atoms with Gasteiger partial charge in [0.05, 0.1) is 5.56 Å². The van der Waals surface area contributed by atoms with Gasteiger partial charge in [0.1, 0.15) is 11.3 Å². The van der Waals surface area contributed by atoms with Crippen LogP contribution in [0.15, 0.2) is 48.5 Å². The van der Waals surface area contributed by atoms with Gasteiger partial charge in [0.15, 0.2) is 29.0 Å². The number of hydrogen-bond donors (Lipinski definition) is 0. The molecule has 3 aromatic carbocycles. The lowest BCUT2D eigenvalue weighted by Crippen LogP contribution is -2.26. The van der Waals surface area contributed by atoms with Crippen molar-refractivity contribution < 1.29 is 49.0 Å². The molecule has 0 aliphatic heterocycles. The van der Waals surface area contributed by atoms with Crippen molar-refractivity contribution in [3.63, 3.8) is 0 Å². The molecule has 0 saturated heterocycles. The molecule has 3 aromatic rings. The summed E-state index contributed by atoms with van der Waals surface area (Å²) in [6.45, 7) is 1.62. The summed E-state index contributed by atoms with van der Waals surface area (Å²) >= 11 is 0. The first-order valence-electron chi connectivity index (χ1n) is 8.65. The molecule has 0 heterocycles. The minimum absolute atomic E-state index is 0.0557. The summed E-state index contributed by atoms with van der Waals surface area (Å²) in [4.78, 5) is 0. The van der Waals surface area contributed by atoms with Crippen LogP contribution in [0.3, 0.4) is 0 Å². The summed E-state index contributed by atoms with van der Waals surface area (Å²) in [5, 5.41) is 0. The summed E-state index contributed by atoms with van der Waals surface area (Å²) in [5.41, 5.74) is -1.86. The molecule has 3 rings (SSSR count). The first kappa shape index (κ1) is 23.3. The highest BCUT2D eigenvalue weighted by Gasteiger charge is 2.41. The Bertz CT molecular complexity index is 1120. The summed E-state index contributed by atoms with van der Waals surface area (Å²) in [5.74, 6) is -12.8. The van der Waals surface area contributed by atoms with Gasteiger partial charge in [-0.05, 0) is 31.2 Å². The highest BCUT2D eigenvalue weighted by Crippen LogP contribution is 2.39. The zero-order chi connectivity index (χ0) is 23.8. The maximum Gasteiger partial charge on any atom is 0.429 e. The average Bonchev–Trinajstić information content (AvgIpc) is 2.69. The van der Waals surface area contributed by atoms with Crippen LogP contribution in [0.5, 0.6) is 11.5 Å². The van der Waals surface area contributed by atoms with E-state index in [0.717, 1.165) is 12.1 Å². The topological polar surface area (TPSA) is 18.5 Å². The molecule has 0 spiro atoms. The predicted molar refractivity (Wildman–Crippen MR) is 92.9 cm³/mol. The third-order valence-corrected chi connectivity index (χ3v) is 4.19. The summed E-state index contributed by atoms with van der Waals surface area (Å²) in [6, 6.07) is 5.17. The first-order valence-corrected chi connectivity index (χ1v) is 8.65. The highest BCUT2D eigenvalue weighted by atomic mass is 19.3. The monoisotopic (exact) mass is 466 g/mol. The summed E-state index contributed by atoms with van der Waals surface area (Å²) in [7, 11) is 0. The van der Waals surface area contributed by atoms with Crippen LogP contribution in [0.1, 0.15) is 16.7 Å². The molecule has 0 aromatic heterocycles. The Kier molecular flexibility index (Phi) is 6.03. The van der Waals surface area contributed by atoms with E-state index < -0.39 is 63.9 Å². The predicted octanol–water partition coefficient (Wildman–Crippen LogP) is 6.95. The number of hydrogen-bond acceptors (Lipinski definition) is 2. The van der Waals surface area contributed by atoms with Crippen LogP contribution in [0, 0.1) is 36.0 Å². The maximum atomic E-state index is 14.3. The lowest BCUT2D eigenvalue weighted by molar-refractivity contribution is -0.190. The van der Waals surface area contributed by atoms with E-state index in [0.29, 0.717) is 11.6 Å². The third kappa shape index (κ3) is 4.61. The number of rotatable bonds is 6. The van der Waals surface area contributed by atoms with E-state index in [1.807, 2.05) is 0 Å². The van der Waals surface area contributed by atoms with Crippen LogP contribution in [0.4, 0.5) is 39.5 Å². The standard InChI is InChI=1S/C21H11F9O2/c1-10-2-4-11(5-3-10)20(27,28)32-16-7-6-13(17(24)19(16)26)21(29,30)31-12-8-14(22)18(25)15(23)9-12/h2-9H,1H3. The largest absolute Gasteiger partial charge is 0.429 e. The van der Waals surface area contributed by atoms with E-state index in [4.69, 9.17) is 0 Å². The molecule has 2 nitrogen and oxygen atoms in total. The van der Waals surface area contributed by atoms with Crippen molar-refractivity contribution in [1.82, 2.24) is 0 Å². The molecule has 32 heavy (non-hydrogen) atoms. The average molecular weight is 466 g/mol. The lowest BCUT2D eigenvalue weighted by Gasteiger charge is -2.22. The van der Waals surface area contributed by atoms with Gasteiger partial charge in [-0.15, -0.1) is 0 Å². The van der Waals surface area contributed by atoms with Crippen molar-refractivity contribution in [2.45, 2.75) is 19.1 Å². The van der Waals surface area contributed by atoms with Gasteiger partial charge in [-0.25, -0.2) is 17.6 Å². The van der Waals surface area contributed by atoms with E-state index in [1.165, 1.54) is 12.1 Å². The fraction of sp³-hybridized carbons (Fsp3) is 0.143. The molecular formula is C21H11F9O2. The van der Waals surface area contributed by atoms with Gasteiger partial charge in [-0.1, -0.05) is 17.7 Å². The van der Waals surface area contributed by atoms with Crippen molar-refractivity contribution in [2.75, 3.05) is 0 Å². The number of benzene rings is 3. The molecule has 0 saturated carbocycles. The Balaban J connectivity index is 1.90. The molecular weight excluding hydrogens is 455 g/mol. The Morgan fingerprint density at radius 1 is 0.625 bits per heavy atom. The van der Waals surface area contributed by atoms with Gasteiger partial charge in [0.25, 0.3) is 0 Å². The van der Waals surface area contributed by atoms with Crippen molar-refractivity contribution in [2.24, 2.45) is 0 Å². The second kappa shape index (κ2) is 8.29. The Morgan fingerprint density at radius 2 is 1.19 bits per heavy atom. The smallest absolute Gasteiger partial charge is 0.429 e. The SMILES string of the molecule is Cc1ccc(C(F)(F)Oc2ccc(C(F)(F)Oc3cc(F)c(F)c(F)c3)c(F)c2F)cc1. The molecule has 11 heteroatoms. The normalized spacial score (nSPS) is 12.1. The van der Waals surface area contributed by atoms with Gasteiger partial charge in [-0.2, -0.15) is 22.0 Å². The fourth-order valence-electron chi connectivity index (χ4n) is 2.57. The molecule has 0 aliphatic rings. The lowest BCUT2D eigenvalue weighted by atomic mass is 10.1. The zero-order valence-electron chi connectivity index (χ0n) is 15.8. The highest BCUT2D eigenvalue weighted by molar-refractivity contribution is 5.35. The minimum atomic E-state index is -4.72. The first-order chi connectivity index (χ1) is 14.8. The second-order valence-corrected chi connectivity index (χ2v) is 6.54. The van der Waals surface area contributed by atoms with Gasteiger partial charge in [-0.3, -0.25) is 0 Å². The van der Waals surface area contributed by atoms with Crippen LogP contribution in [-0.2, 0) is 12.2 Å². The van der Waals surface area contributed by atoms with Crippen LogP contribution >= 0.6 is 0 Å². The van der Waals surface area contributed by atoms with Crippen molar-refractivity contribution >= 4 is 0 Å². The van der Waals surface area contributed by atoms with Crippen molar-refractivity contribution in [3.05, 3.63) is 94.3 Å². The molecule has 0 amide bonds. The van der Waals surface area contributed by atoms with E-state index >= 15 is 0 Å². The molecule has 0 radical (unpaired) electrons. The Morgan fingerprint density at radius 3 is 1.75 bits per heavy atom. The molecule has 0 fully saturated rings. The number of halogens is 9. The van der Waals surface area contributed by atoms with Gasteiger partial charge < -0.3 is 9.47 Å². The molecule has 0 unspecified atom stereocenters. The van der Waals surface area contributed by atoms with Crippen LogP contribution < -0.4 is 9.47 Å². The second-order valence-electron chi connectivity index (χ2n) is 6.54. The zero-order valence-corrected chi connectivity index (χ0v) is 15.8. The van der Waals surface area contributed by atoms with Crippen molar-refractivity contribution in [3.8, 4) is 11.5 Å². The molecule has 0 N–H and O–H groups in total. The molecule has 170 valence electrons. The molecule has 0 atom stereocenters. The van der Waals surface area contributed by atoms with Gasteiger partial charge >= 0.3 is 12.2 Å². The van der Waals surface area contributed by atoms with E-state index in [1.54, 1.807) is 6.92 Å². The fourth-order valence-corrected chi connectivity index (χ4v) is 2.57. The van der Waals surface area contributed by atoms with E-state index in [-0.39, 0.29) is 18.2 Å². The van der Waals surface area contributed by atoms with E-state index in [2.05, 4.69) is 9.47 Å². The van der Waals surface area contributed by atoms with Crippen LogP contribution in [0.25, 0.3) is 0 Å². The minimum Gasteiger partial charge on any atom is -0.429 e. The van der Waals surface area contributed by atoms with Gasteiger partial charge in [0.2, 0.25) is 5.82 Å². The summed E-state index contributed by atoms with van der Waals surface area (Å²) in [6.07, 6.45) is -8.86. The van der Waals surface area contributed by atoms with Gasteiger partial charge in [0, 0.05) is 12.1 Å². The molecule has 0 bridgehead atoms. The number of ether oxygens (including phenoxy) is 2. The number of alkyl halides is 4. The Hall–Kier alpha value is -3.37. The molecule has 0 aliphatic carbocycles. The quantitative estimate of drug-likeness (QED) is 0.289. The Labute approximate surface area is 174 Å². The van der Waals surface area contributed by atoms with Crippen LogP contribution in [-0.4, -0.2) is 0 Å².